The van der Waals surface area contributed by atoms with Gasteiger partial charge in [-0.1, -0.05) is 17.7 Å². The lowest BCUT2D eigenvalue weighted by Crippen LogP contribution is -2.45. The minimum atomic E-state index is -3.51. The molecule has 5 nitrogen and oxygen atoms in total. The molecule has 1 heterocycles. The third-order valence-corrected chi connectivity index (χ3v) is 5.64. The largest absolute Gasteiger partial charge is 0.356 e. The molecule has 1 amide bonds. The fourth-order valence-electron chi connectivity index (χ4n) is 2.55. The van der Waals surface area contributed by atoms with Crippen LogP contribution in [0, 0.1) is 12.8 Å². The molecule has 1 fully saturated rings. The minimum Gasteiger partial charge on any atom is -0.356 e. The first-order valence-electron chi connectivity index (χ1n) is 7.29. The molecule has 0 radical (unpaired) electrons. The van der Waals surface area contributed by atoms with Crippen molar-refractivity contribution in [1.29, 1.82) is 0 Å². The van der Waals surface area contributed by atoms with Crippen LogP contribution < -0.4 is 5.32 Å². The highest BCUT2D eigenvalue weighted by Crippen LogP contribution is 2.24. The van der Waals surface area contributed by atoms with Gasteiger partial charge in [-0.2, -0.15) is 4.31 Å². The molecule has 1 aliphatic rings. The van der Waals surface area contributed by atoms with Crippen LogP contribution >= 0.6 is 0 Å². The monoisotopic (exact) mass is 310 g/mol. The number of carbonyl (C=O) groups is 1. The summed E-state index contributed by atoms with van der Waals surface area (Å²) in [5.41, 5.74) is 1.02. The Hall–Kier alpha value is -1.40. The van der Waals surface area contributed by atoms with Crippen molar-refractivity contribution >= 4 is 15.9 Å². The molecule has 0 spiro atoms. The fourth-order valence-corrected chi connectivity index (χ4v) is 4.08. The van der Waals surface area contributed by atoms with Crippen LogP contribution in [0.15, 0.2) is 29.2 Å². The SMILES string of the molecule is CCNC(=O)[C@H]1CCCN(S(=O)(=O)c2ccc(C)cc2)C1. The summed E-state index contributed by atoms with van der Waals surface area (Å²) >= 11 is 0. The highest BCUT2D eigenvalue weighted by atomic mass is 32.2. The fraction of sp³-hybridized carbons (Fsp3) is 0.533. The van der Waals surface area contributed by atoms with Crippen LogP contribution in [-0.4, -0.2) is 38.3 Å². The van der Waals surface area contributed by atoms with Crippen molar-refractivity contribution < 1.29 is 13.2 Å². The van der Waals surface area contributed by atoms with Crippen molar-refractivity contribution in [2.75, 3.05) is 19.6 Å². The van der Waals surface area contributed by atoms with Gasteiger partial charge in [0, 0.05) is 19.6 Å². The summed E-state index contributed by atoms with van der Waals surface area (Å²) in [6.45, 7) is 5.10. The van der Waals surface area contributed by atoms with E-state index in [1.165, 1.54) is 4.31 Å². The van der Waals surface area contributed by atoms with E-state index in [2.05, 4.69) is 5.32 Å². The van der Waals surface area contributed by atoms with E-state index in [0.29, 0.717) is 24.4 Å². The number of benzene rings is 1. The second-order valence-corrected chi connectivity index (χ2v) is 7.35. The van der Waals surface area contributed by atoms with Gasteiger partial charge in [0.05, 0.1) is 10.8 Å². The van der Waals surface area contributed by atoms with E-state index in [1.54, 1.807) is 24.3 Å². The maximum absolute atomic E-state index is 12.6. The lowest BCUT2D eigenvalue weighted by Gasteiger charge is -2.31. The molecule has 1 aliphatic heterocycles. The Kier molecular flexibility index (Phi) is 5.00. The number of amides is 1. The van der Waals surface area contributed by atoms with Crippen LogP contribution in [0.2, 0.25) is 0 Å². The van der Waals surface area contributed by atoms with Crippen LogP contribution in [0.5, 0.6) is 0 Å². The first kappa shape index (κ1) is 16.0. The maximum atomic E-state index is 12.6. The van der Waals surface area contributed by atoms with E-state index < -0.39 is 10.0 Å². The maximum Gasteiger partial charge on any atom is 0.243 e. The number of sulfonamides is 1. The van der Waals surface area contributed by atoms with E-state index in [1.807, 2.05) is 13.8 Å². The molecule has 6 heteroatoms. The van der Waals surface area contributed by atoms with E-state index in [-0.39, 0.29) is 18.4 Å². The van der Waals surface area contributed by atoms with Gasteiger partial charge in [0.1, 0.15) is 0 Å². The van der Waals surface area contributed by atoms with Crippen molar-refractivity contribution in [2.24, 2.45) is 5.92 Å². The predicted octanol–water partition coefficient (Wildman–Crippen LogP) is 1.53. The Morgan fingerprint density at radius 1 is 1.33 bits per heavy atom. The molecule has 0 aromatic heterocycles. The van der Waals surface area contributed by atoms with Crippen molar-refractivity contribution in [2.45, 2.75) is 31.6 Å². The number of nitrogens with zero attached hydrogens (tertiary/aromatic N) is 1. The number of piperidine rings is 1. The second-order valence-electron chi connectivity index (χ2n) is 5.41. The zero-order valence-electron chi connectivity index (χ0n) is 12.5. The van der Waals surface area contributed by atoms with E-state index in [9.17, 15) is 13.2 Å². The van der Waals surface area contributed by atoms with Crippen LogP contribution in [0.1, 0.15) is 25.3 Å². The van der Waals surface area contributed by atoms with Gasteiger partial charge < -0.3 is 5.32 Å². The van der Waals surface area contributed by atoms with Gasteiger partial charge in [0.25, 0.3) is 0 Å². The molecule has 0 saturated carbocycles. The molecule has 0 unspecified atom stereocenters. The van der Waals surface area contributed by atoms with Crippen molar-refractivity contribution in [3.05, 3.63) is 29.8 Å². The molecule has 0 bridgehead atoms. The smallest absolute Gasteiger partial charge is 0.243 e. The normalized spacial score (nSPS) is 20.2. The number of carbonyl (C=O) groups excluding carboxylic acids is 1. The van der Waals surface area contributed by atoms with Gasteiger partial charge in [-0.15, -0.1) is 0 Å². The molecule has 1 saturated heterocycles. The van der Waals surface area contributed by atoms with E-state index in [4.69, 9.17) is 0 Å². The molecule has 116 valence electrons. The van der Waals surface area contributed by atoms with Gasteiger partial charge in [-0.25, -0.2) is 8.42 Å². The van der Waals surface area contributed by atoms with Crippen LogP contribution in [0.3, 0.4) is 0 Å². The predicted molar refractivity (Wildman–Crippen MR) is 81.3 cm³/mol. The molecular formula is C15H22N2O3S. The van der Waals surface area contributed by atoms with Gasteiger partial charge >= 0.3 is 0 Å². The summed E-state index contributed by atoms with van der Waals surface area (Å²) in [7, 11) is -3.51. The Labute approximate surface area is 126 Å². The molecule has 2 rings (SSSR count). The minimum absolute atomic E-state index is 0.0543. The Balaban J connectivity index is 2.16. The average molecular weight is 310 g/mol. The Morgan fingerprint density at radius 3 is 2.62 bits per heavy atom. The van der Waals surface area contributed by atoms with Gasteiger partial charge in [0.15, 0.2) is 0 Å². The van der Waals surface area contributed by atoms with Crippen molar-refractivity contribution in [3.8, 4) is 0 Å². The zero-order chi connectivity index (χ0) is 15.5. The number of hydrogen-bond acceptors (Lipinski definition) is 3. The summed E-state index contributed by atoms with van der Waals surface area (Å²) in [5, 5.41) is 2.77. The Bertz CT molecular complexity index is 596. The van der Waals surface area contributed by atoms with E-state index in [0.717, 1.165) is 12.0 Å². The summed E-state index contributed by atoms with van der Waals surface area (Å²) < 4.78 is 26.7. The van der Waals surface area contributed by atoms with Gasteiger partial charge in [-0.3, -0.25) is 4.79 Å². The summed E-state index contributed by atoms with van der Waals surface area (Å²) in [4.78, 5) is 12.2. The summed E-state index contributed by atoms with van der Waals surface area (Å²) in [5.74, 6) is -0.305. The Morgan fingerprint density at radius 2 is 2.00 bits per heavy atom. The zero-order valence-corrected chi connectivity index (χ0v) is 13.3. The molecule has 1 aromatic carbocycles. The summed E-state index contributed by atoms with van der Waals surface area (Å²) in [6.07, 6.45) is 1.46. The average Bonchev–Trinajstić information content (AvgIpc) is 2.48. The molecule has 0 aliphatic carbocycles. The molecular weight excluding hydrogens is 288 g/mol. The highest BCUT2D eigenvalue weighted by Gasteiger charge is 2.32. The van der Waals surface area contributed by atoms with E-state index >= 15 is 0 Å². The van der Waals surface area contributed by atoms with Gasteiger partial charge in [0.2, 0.25) is 15.9 Å². The van der Waals surface area contributed by atoms with Crippen LogP contribution in [0.25, 0.3) is 0 Å². The first-order valence-corrected chi connectivity index (χ1v) is 8.73. The number of rotatable bonds is 4. The molecule has 1 N–H and O–H groups in total. The van der Waals surface area contributed by atoms with Crippen molar-refractivity contribution in [1.82, 2.24) is 9.62 Å². The second kappa shape index (κ2) is 6.58. The first-order chi connectivity index (χ1) is 9.95. The van der Waals surface area contributed by atoms with Crippen molar-refractivity contribution in [3.63, 3.8) is 0 Å². The highest BCUT2D eigenvalue weighted by molar-refractivity contribution is 7.89. The number of aryl methyl sites for hydroxylation is 1. The quantitative estimate of drug-likeness (QED) is 0.917. The molecule has 1 atom stereocenters. The third kappa shape index (κ3) is 3.63. The van der Waals surface area contributed by atoms with Gasteiger partial charge in [-0.05, 0) is 38.8 Å². The lowest BCUT2D eigenvalue weighted by molar-refractivity contribution is -0.125. The topological polar surface area (TPSA) is 66.5 Å². The number of hydrogen-bond donors (Lipinski definition) is 1. The van der Waals surface area contributed by atoms with Crippen LogP contribution in [-0.2, 0) is 14.8 Å². The molecule has 21 heavy (non-hydrogen) atoms. The van der Waals surface area contributed by atoms with Crippen LogP contribution in [0.4, 0.5) is 0 Å². The standard InChI is InChI=1S/C15H22N2O3S/c1-3-16-15(18)13-5-4-10-17(11-13)21(19,20)14-8-6-12(2)7-9-14/h6-9,13H,3-5,10-11H2,1-2H3,(H,16,18)/t13-/m0/s1. The third-order valence-electron chi connectivity index (χ3n) is 3.76. The number of nitrogens with one attached hydrogen (secondary N) is 1. The lowest BCUT2D eigenvalue weighted by atomic mass is 9.99. The summed E-state index contributed by atoms with van der Waals surface area (Å²) in [6, 6.07) is 6.83. The molecule has 1 aromatic rings.